The maximum Gasteiger partial charge on any atom is 0.334 e. The first-order chi connectivity index (χ1) is 55.1. The van der Waals surface area contributed by atoms with Crippen LogP contribution in [0.15, 0.2) is 231 Å². The van der Waals surface area contributed by atoms with Crippen LogP contribution in [0.5, 0.6) is 0 Å². The Morgan fingerprint density at radius 1 is 0.272 bits per heavy atom. The fraction of sp³-hybridized carbons (Fsp3) is 0.170. The first-order valence-electron chi connectivity index (χ1n) is 37.9. The molecule has 0 aliphatic heterocycles. The minimum Gasteiger partial charge on any atom is -0.452 e. The third kappa shape index (κ3) is 11.4. The number of pyridine rings is 4. The lowest BCUT2D eigenvalue weighted by molar-refractivity contribution is -0.663. The maximum atomic E-state index is 6.53. The summed E-state index contributed by atoms with van der Waals surface area (Å²) >= 11 is 0. The molecule has 6 aromatic carbocycles. The summed E-state index contributed by atoms with van der Waals surface area (Å²) in [7, 11) is 8.13. The molecule has 0 amide bonds. The monoisotopic (exact) mass is 1500 g/mol. The van der Waals surface area contributed by atoms with Gasteiger partial charge >= 0.3 is 11.6 Å². The number of aromatic nitrogens is 12. The highest BCUT2D eigenvalue weighted by molar-refractivity contribution is 6.17. The van der Waals surface area contributed by atoms with Gasteiger partial charge in [0.15, 0.2) is 55.8 Å². The topological polar surface area (TPSA) is 208 Å². The van der Waals surface area contributed by atoms with Crippen molar-refractivity contribution in [1.29, 1.82) is 0 Å². The molecule has 20 nitrogen and oxygen atoms in total. The van der Waals surface area contributed by atoms with Crippen LogP contribution in [0.25, 0.3) is 190 Å². The molecule has 0 N–H and O–H groups in total. The molecule has 16 heterocycles. The molecule has 22 rings (SSSR count). The molecule has 0 aliphatic rings. The Bertz CT molecular complexity index is 7690. The molecule has 0 bridgehead atoms. The van der Waals surface area contributed by atoms with Crippen LogP contribution in [0, 0.1) is 83.1 Å². The van der Waals surface area contributed by atoms with Gasteiger partial charge in [-0.3, -0.25) is 0 Å². The predicted octanol–water partition coefficient (Wildman–Crippen LogP) is 20.9. The van der Waals surface area contributed by atoms with Crippen molar-refractivity contribution in [3.63, 3.8) is 0 Å². The molecular formula is C94H80N12O8+4. The summed E-state index contributed by atoms with van der Waals surface area (Å²) in [5.41, 5.74) is 31.5. The summed E-state index contributed by atoms with van der Waals surface area (Å²) in [6.45, 7) is 24.9. The zero-order valence-electron chi connectivity index (χ0n) is 66.1. The molecular weight excluding hydrogens is 1430 g/mol. The number of hydrogen-bond acceptors (Lipinski definition) is 14. The number of furan rings is 8. The van der Waals surface area contributed by atoms with Gasteiger partial charge in [0.1, 0.15) is 70.8 Å². The van der Waals surface area contributed by atoms with Gasteiger partial charge in [-0.15, -0.1) is 0 Å². The number of fused-ring (bicyclic) bond motifs is 20. The average molecular weight is 1510 g/mol. The average Bonchev–Trinajstić information content (AvgIpc) is 1.58. The quantitative estimate of drug-likeness (QED) is 0.142. The molecule has 16 aromatic heterocycles. The molecule has 0 fully saturated rings. The molecule has 22 aromatic rings. The fourth-order valence-electron chi connectivity index (χ4n) is 16.3. The lowest BCUT2D eigenvalue weighted by Gasteiger charge is -2.10. The molecule has 114 heavy (non-hydrogen) atoms. The van der Waals surface area contributed by atoms with Crippen LogP contribution in [0.4, 0.5) is 0 Å². The van der Waals surface area contributed by atoms with E-state index in [0.29, 0.717) is 22.9 Å². The van der Waals surface area contributed by atoms with Crippen molar-refractivity contribution < 1.29 is 53.6 Å². The van der Waals surface area contributed by atoms with E-state index in [9.17, 15) is 0 Å². The highest BCUT2D eigenvalue weighted by Crippen LogP contribution is 2.46. The highest BCUT2D eigenvalue weighted by atomic mass is 16.4. The normalized spacial score (nSPS) is 11.9. The van der Waals surface area contributed by atoms with Gasteiger partial charge < -0.3 is 35.3 Å². The molecule has 0 spiro atoms. The fourth-order valence-corrected chi connectivity index (χ4v) is 16.3. The largest absolute Gasteiger partial charge is 0.452 e. The Balaban J connectivity index is 0.000000103. The van der Waals surface area contributed by atoms with E-state index in [1.807, 2.05) is 136 Å². The minimum absolute atomic E-state index is 0.612. The number of hydrogen-bond donors (Lipinski definition) is 0. The number of rotatable bonds is 6. The molecule has 0 radical (unpaired) electrons. The summed E-state index contributed by atoms with van der Waals surface area (Å²) in [6.07, 6.45) is 16.0. The lowest BCUT2D eigenvalue weighted by atomic mass is 10.0. The Kier molecular flexibility index (Phi) is 16.5. The van der Waals surface area contributed by atoms with Crippen molar-refractivity contribution in [2.24, 2.45) is 28.2 Å². The summed E-state index contributed by atoms with van der Waals surface area (Å²) in [4.78, 5) is 27.0. The lowest BCUT2D eigenvalue weighted by Crippen LogP contribution is -2.31. The van der Waals surface area contributed by atoms with Gasteiger partial charge in [-0.1, -0.05) is 48.5 Å². The number of aryl methyl sites for hydroxylation is 16. The number of benzene rings is 6. The van der Waals surface area contributed by atoms with Crippen molar-refractivity contribution in [2.75, 3.05) is 0 Å². The standard InChI is InChI=1S/2C27H24N3O2.2C20H16N3O2/c1-15-9-11-19-23(31-25-20-12-10-18(4)28-26(20)32-24(19)25)21(15)27-29(5)13-14-30(27)22-16(2)7-6-8-17(22)3;1-15-7-6-8-16(2)23(15)30-12-11-29(5)27(30)20-14-22-21(13-17(20)3)25-24(31-22)19-10-9-18(4)28-26(19)32-25;1-11-5-7-13-16(15(11)19-21-9-4-10-23(19)3)24-18-14-8-6-12(2)22-20(14)25-17(13)18;1-11-9-15-16(10-14(11)19-21-7-4-8-23(19)3)24-17-13-6-5-12(2)22-20(13)25-18(15)17/h2*6-14H,1-5H3;2*4-10H,1-3H3/q4*+1. The third-order valence-electron chi connectivity index (χ3n) is 21.9. The van der Waals surface area contributed by atoms with E-state index in [0.717, 1.165) is 201 Å². The second-order valence-electron chi connectivity index (χ2n) is 30.1. The zero-order valence-corrected chi connectivity index (χ0v) is 66.1. The summed E-state index contributed by atoms with van der Waals surface area (Å²) in [6, 6.07) is 49.4. The van der Waals surface area contributed by atoms with E-state index >= 15 is 0 Å². The number of imidazole rings is 2. The van der Waals surface area contributed by atoms with Crippen molar-refractivity contribution in [3.8, 4) is 56.9 Å². The minimum atomic E-state index is 0.612. The smallest absolute Gasteiger partial charge is 0.334 e. The van der Waals surface area contributed by atoms with E-state index in [1.165, 1.54) is 33.6 Å². The van der Waals surface area contributed by atoms with Crippen LogP contribution in [-0.2, 0) is 28.2 Å². The molecule has 0 unspecified atom stereocenters. The second-order valence-corrected chi connectivity index (χ2v) is 30.1. The molecule has 0 saturated heterocycles. The molecule has 0 saturated carbocycles. The van der Waals surface area contributed by atoms with Crippen molar-refractivity contribution in [1.82, 2.24) is 39.0 Å². The maximum absolute atomic E-state index is 6.53. The van der Waals surface area contributed by atoms with Gasteiger partial charge in [0.05, 0.1) is 94.8 Å². The van der Waals surface area contributed by atoms with Crippen molar-refractivity contribution in [3.05, 3.63) is 262 Å². The Labute approximate surface area is 652 Å². The van der Waals surface area contributed by atoms with Crippen molar-refractivity contribution in [2.45, 2.75) is 83.1 Å². The molecule has 20 heteroatoms. The molecule has 0 atom stereocenters. The van der Waals surface area contributed by atoms with Gasteiger partial charge in [-0.2, -0.15) is 9.13 Å². The SMILES string of the molecule is Cc1ccc2c(n1)oc1c3cc(C)c(-c4n(-c5c(C)cccc5C)cc[n+]4C)cc3oc21.Cc1ccc2c(n1)oc1c3cc(C)c(-c4nccc[n+]4C)cc3oc21.Cc1ccc2c(n1)oc1c3ccc(C)c(-c4n(-c5c(C)cccc5C)cc[n+]4C)c3oc21.Cc1ccc2c(n1)oc1c3ccc(C)c(-c4nccc[n+]4C)c3oc21. The molecule has 560 valence electrons. The van der Waals surface area contributed by atoms with Gasteiger partial charge in [-0.05, 0) is 222 Å². The summed E-state index contributed by atoms with van der Waals surface area (Å²) < 4.78 is 62.4. The summed E-state index contributed by atoms with van der Waals surface area (Å²) in [5, 5.41) is 7.45. The Hall–Kier alpha value is -14.1. The number of nitrogens with zero attached hydrogens (tertiary/aromatic N) is 12. The van der Waals surface area contributed by atoms with E-state index < -0.39 is 0 Å². The van der Waals surface area contributed by atoms with Crippen LogP contribution in [0.2, 0.25) is 0 Å². The zero-order chi connectivity index (χ0) is 78.5. The third-order valence-corrected chi connectivity index (χ3v) is 21.9. The first-order valence-corrected chi connectivity index (χ1v) is 37.9. The van der Waals surface area contributed by atoms with Gasteiger partial charge in [-0.25, -0.2) is 38.2 Å². The van der Waals surface area contributed by atoms with Crippen LogP contribution >= 0.6 is 0 Å². The van der Waals surface area contributed by atoms with Crippen LogP contribution in [0.1, 0.15) is 67.3 Å². The highest BCUT2D eigenvalue weighted by Gasteiger charge is 2.32. The molecule has 0 aliphatic carbocycles. The van der Waals surface area contributed by atoms with Crippen LogP contribution in [-0.4, -0.2) is 39.0 Å². The van der Waals surface area contributed by atoms with Gasteiger partial charge in [0.25, 0.3) is 11.6 Å². The van der Waals surface area contributed by atoms with Gasteiger partial charge in [0, 0.05) is 34.9 Å². The first kappa shape index (κ1) is 70.3. The predicted molar refractivity (Wildman–Crippen MR) is 443 cm³/mol. The van der Waals surface area contributed by atoms with E-state index in [1.54, 1.807) is 12.4 Å². The Morgan fingerprint density at radius 2 is 0.623 bits per heavy atom. The Morgan fingerprint density at radius 3 is 1.06 bits per heavy atom. The van der Waals surface area contributed by atoms with Crippen LogP contribution < -0.4 is 18.3 Å². The van der Waals surface area contributed by atoms with E-state index in [-0.39, 0.29) is 0 Å². The second kappa shape index (κ2) is 26.8. The summed E-state index contributed by atoms with van der Waals surface area (Å²) in [5.74, 6) is 3.94. The van der Waals surface area contributed by atoms with Crippen molar-refractivity contribution >= 4 is 133 Å². The number of para-hydroxylation sites is 2. The van der Waals surface area contributed by atoms with E-state index in [2.05, 4.69) is 215 Å². The van der Waals surface area contributed by atoms with E-state index in [4.69, 9.17) is 35.3 Å². The van der Waals surface area contributed by atoms with Gasteiger partial charge in [0.2, 0.25) is 22.9 Å². The van der Waals surface area contributed by atoms with Crippen LogP contribution in [0.3, 0.4) is 0 Å².